The lowest BCUT2D eigenvalue weighted by Crippen LogP contribution is -2.34. The van der Waals surface area contributed by atoms with Gasteiger partial charge in [0.1, 0.15) is 14.6 Å². The molecule has 0 amide bonds. The Labute approximate surface area is 228 Å². The lowest BCUT2D eigenvalue weighted by atomic mass is 9.79. The monoisotopic (exact) mass is 534 g/mol. The Balaban J connectivity index is 3.84. The van der Waals surface area contributed by atoms with Gasteiger partial charge in [0, 0.05) is 39.4 Å². The summed E-state index contributed by atoms with van der Waals surface area (Å²) in [5, 5.41) is 3.06. The molecule has 10 nitrogen and oxygen atoms in total. The van der Waals surface area contributed by atoms with Crippen LogP contribution in [-0.2, 0) is 37.9 Å². The summed E-state index contributed by atoms with van der Waals surface area (Å²) in [6.45, 7) is 17.9. The lowest BCUT2D eigenvalue weighted by Gasteiger charge is -2.22. The molecule has 0 heterocycles. The van der Waals surface area contributed by atoms with Crippen molar-refractivity contribution >= 4 is 14.6 Å². The minimum absolute atomic E-state index is 0.583. The molecule has 220 valence electrons. The number of ether oxygens (including phenoxy) is 8. The van der Waals surface area contributed by atoms with Crippen LogP contribution in [0.2, 0.25) is 26.3 Å². The maximum atomic E-state index is 5.75. The summed E-state index contributed by atoms with van der Waals surface area (Å²) >= 11 is 0. The van der Waals surface area contributed by atoms with E-state index in [0.717, 1.165) is 66.6 Å². The van der Waals surface area contributed by atoms with Gasteiger partial charge in [0.05, 0.1) is 92.5 Å². The maximum Gasteiger partial charge on any atom is 0.120 e. The minimum Gasteiger partial charge on any atom is -0.380 e. The summed E-state index contributed by atoms with van der Waals surface area (Å²) in [4.78, 5) is 2.30. The van der Waals surface area contributed by atoms with Crippen LogP contribution in [-0.4, -0.2) is 158 Å². The molecule has 0 aliphatic rings. The van der Waals surface area contributed by atoms with Gasteiger partial charge in [-0.3, -0.25) is 4.90 Å². The fourth-order valence-corrected chi connectivity index (χ4v) is 2.99. The van der Waals surface area contributed by atoms with Crippen LogP contribution < -0.4 is 5.32 Å². The molecule has 0 saturated heterocycles. The van der Waals surface area contributed by atoms with Crippen LogP contribution in [0.25, 0.3) is 0 Å². The molecule has 0 aliphatic carbocycles. The third-order valence-corrected chi connectivity index (χ3v) is 5.30. The molecule has 37 heavy (non-hydrogen) atoms. The first-order chi connectivity index (χ1) is 18.3. The Morgan fingerprint density at radius 3 is 1.05 bits per heavy atom. The van der Waals surface area contributed by atoms with E-state index >= 15 is 0 Å². The molecule has 0 aliphatic heterocycles. The number of nitrogens with one attached hydrogen (secondary N) is 1. The summed E-state index contributed by atoms with van der Waals surface area (Å²) < 4.78 is 44.8. The van der Waals surface area contributed by atoms with Gasteiger partial charge in [-0.15, -0.1) is 0 Å². The zero-order chi connectivity index (χ0) is 26.9. The topological polar surface area (TPSA) is 89.1 Å². The molecule has 0 bridgehead atoms. The van der Waals surface area contributed by atoms with Gasteiger partial charge >= 0.3 is 0 Å². The van der Waals surface area contributed by atoms with Gasteiger partial charge in [-0.25, -0.2) is 0 Å². The summed E-state index contributed by atoms with van der Waals surface area (Å²) in [6.07, 6.45) is 2.20. The van der Waals surface area contributed by atoms with Gasteiger partial charge in [0.25, 0.3) is 0 Å². The number of nitrogens with zero attached hydrogens (tertiary/aromatic N) is 1. The molecular formula is C25H56B2N2O8. The molecule has 0 aromatic carbocycles. The number of rotatable bonds is 33. The Morgan fingerprint density at radius 2 is 0.730 bits per heavy atom. The van der Waals surface area contributed by atoms with Crippen molar-refractivity contribution < 1.29 is 37.9 Å². The number of likely N-dealkylation sites (N-methyl/N-ethyl adjacent to an activating group) is 1. The lowest BCUT2D eigenvalue weighted by molar-refractivity contribution is -0.00153. The van der Waals surface area contributed by atoms with Gasteiger partial charge in [-0.05, 0) is 7.05 Å². The van der Waals surface area contributed by atoms with Crippen molar-refractivity contribution in [3.05, 3.63) is 0 Å². The molecule has 0 fully saturated rings. The summed E-state index contributed by atoms with van der Waals surface area (Å²) in [5.41, 5.74) is 0. The van der Waals surface area contributed by atoms with Crippen LogP contribution in [0.4, 0.5) is 0 Å². The second-order valence-corrected chi connectivity index (χ2v) is 8.55. The van der Waals surface area contributed by atoms with Crippen LogP contribution >= 0.6 is 0 Å². The average Bonchev–Trinajstić information content (AvgIpc) is 2.91. The standard InChI is InChI=1S/C25H56B2N2O8/c1-26-4-10-30-16-22-36-24-20-34-14-8-29(7-13-33-19-18-32-12-6-28-3)9-15-35-21-25-37-23-17-31-11-5-27-2/h26-28H,4-25H2,1-3H3. The minimum atomic E-state index is 0.583. The van der Waals surface area contributed by atoms with Crippen molar-refractivity contribution in [3.63, 3.8) is 0 Å². The van der Waals surface area contributed by atoms with E-state index in [-0.39, 0.29) is 0 Å². The SMILES string of the molecule is CBCCOCCOCCOCCN(CCOCCOCCNC)CCOCCOCCOCCBC. The smallest absolute Gasteiger partial charge is 0.120 e. The van der Waals surface area contributed by atoms with Gasteiger partial charge in [-0.2, -0.15) is 0 Å². The van der Waals surface area contributed by atoms with E-state index in [1.165, 1.54) is 0 Å². The second-order valence-electron chi connectivity index (χ2n) is 8.55. The van der Waals surface area contributed by atoms with Crippen molar-refractivity contribution in [2.24, 2.45) is 0 Å². The van der Waals surface area contributed by atoms with Crippen molar-refractivity contribution in [1.29, 1.82) is 0 Å². The first kappa shape index (κ1) is 36.7. The fourth-order valence-electron chi connectivity index (χ4n) is 2.99. The highest BCUT2D eigenvalue weighted by Gasteiger charge is 2.06. The third kappa shape index (κ3) is 31.8. The quantitative estimate of drug-likeness (QED) is 0.0946. The van der Waals surface area contributed by atoms with E-state index in [2.05, 4.69) is 23.9 Å². The second kappa shape index (κ2) is 33.8. The average molecular weight is 534 g/mol. The summed E-state index contributed by atoms with van der Waals surface area (Å²) in [6, 6.07) is 0. The zero-order valence-corrected chi connectivity index (χ0v) is 24.2. The van der Waals surface area contributed by atoms with E-state index in [9.17, 15) is 0 Å². The van der Waals surface area contributed by atoms with Gasteiger partial charge in [0.2, 0.25) is 0 Å². The molecule has 0 saturated carbocycles. The fraction of sp³-hybridized carbons (Fsp3) is 1.00. The Kier molecular flexibility index (Phi) is 33.5. The van der Waals surface area contributed by atoms with E-state index in [1.54, 1.807) is 0 Å². The predicted octanol–water partition coefficient (Wildman–Crippen LogP) is 0.446. The van der Waals surface area contributed by atoms with Gasteiger partial charge < -0.3 is 43.2 Å². The van der Waals surface area contributed by atoms with Crippen LogP contribution in [0.15, 0.2) is 0 Å². The molecule has 0 unspecified atom stereocenters. The van der Waals surface area contributed by atoms with E-state index in [4.69, 9.17) is 37.9 Å². The van der Waals surface area contributed by atoms with Crippen molar-refractivity contribution in [3.8, 4) is 0 Å². The highest BCUT2D eigenvalue weighted by atomic mass is 16.6. The molecule has 0 rings (SSSR count). The zero-order valence-electron chi connectivity index (χ0n) is 24.2. The maximum absolute atomic E-state index is 5.75. The highest BCUT2D eigenvalue weighted by Crippen LogP contribution is 1.93. The number of hydrogen-bond donors (Lipinski definition) is 1. The Bertz CT molecular complexity index is 395. The molecule has 1 N–H and O–H groups in total. The van der Waals surface area contributed by atoms with Crippen LogP contribution in [0.3, 0.4) is 0 Å². The first-order valence-electron chi connectivity index (χ1n) is 14.3. The van der Waals surface area contributed by atoms with E-state index < -0.39 is 0 Å². The Hall–Kier alpha value is -0.270. The molecule has 0 aromatic heterocycles. The van der Waals surface area contributed by atoms with Gasteiger partial charge in [-0.1, -0.05) is 26.3 Å². The predicted molar refractivity (Wildman–Crippen MR) is 153 cm³/mol. The molecule has 0 radical (unpaired) electrons. The first-order valence-corrected chi connectivity index (χ1v) is 14.3. The molecule has 12 heteroatoms. The molecular weight excluding hydrogens is 478 g/mol. The molecule has 0 aromatic rings. The Morgan fingerprint density at radius 1 is 0.432 bits per heavy atom. The third-order valence-electron chi connectivity index (χ3n) is 5.30. The van der Waals surface area contributed by atoms with Crippen LogP contribution in [0.1, 0.15) is 0 Å². The largest absolute Gasteiger partial charge is 0.380 e. The van der Waals surface area contributed by atoms with E-state index in [1.807, 2.05) is 7.05 Å². The molecule has 0 spiro atoms. The highest BCUT2D eigenvalue weighted by molar-refractivity contribution is 6.33. The van der Waals surface area contributed by atoms with Crippen molar-refractivity contribution in [2.75, 3.05) is 139 Å². The molecule has 0 atom stereocenters. The van der Waals surface area contributed by atoms with Crippen molar-refractivity contribution in [2.45, 2.75) is 26.3 Å². The summed E-state index contributed by atoms with van der Waals surface area (Å²) in [7, 11) is 4.22. The summed E-state index contributed by atoms with van der Waals surface area (Å²) in [5.74, 6) is 0. The van der Waals surface area contributed by atoms with E-state index in [0.29, 0.717) is 92.5 Å². The van der Waals surface area contributed by atoms with Crippen LogP contribution in [0, 0.1) is 0 Å². The normalized spacial score (nSPS) is 11.5. The van der Waals surface area contributed by atoms with Crippen molar-refractivity contribution in [1.82, 2.24) is 10.2 Å². The van der Waals surface area contributed by atoms with Gasteiger partial charge in [0.15, 0.2) is 0 Å². The van der Waals surface area contributed by atoms with Crippen LogP contribution in [0.5, 0.6) is 0 Å². The number of hydrogen-bond acceptors (Lipinski definition) is 10.